The summed E-state index contributed by atoms with van der Waals surface area (Å²) in [5.41, 5.74) is 5.76. The quantitative estimate of drug-likeness (QED) is 0.773. The summed E-state index contributed by atoms with van der Waals surface area (Å²) in [4.78, 5) is 0. The summed E-state index contributed by atoms with van der Waals surface area (Å²) in [6, 6.07) is -0.119. The van der Waals surface area contributed by atoms with E-state index in [4.69, 9.17) is 10.5 Å². The molecular formula is C11H20F3NO. The Labute approximate surface area is 94.3 Å². The molecule has 2 nitrogen and oxygen atoms in total. The van der Waals surface area contributed by atoms with Crippen LogP contribution in [-0.4, -0.2) is 24.9 Å². The minimum absolute atomic E-state index is 0.119. The van der Waals surface area contributed by atoms with Crippen molar-refractivity contribution in [2.24, 2.45) is 5.73 Å². The van der Waals surface area contributed by atoms with E-state index in [2.05, 4.69) is 0 Å². The first-order valence-electron chi connectivity index (χ1n) is 5.91. The van der Waals surface area contributed by atoms with E-state index >= 15 is 0 Å². The van der Waals surface area contributed by atoms with E-state index in [-0.39, 0.29) is 18.6 Å². The molecule has 0 aliphatic carbocycles. The smallest absolute Gasteiger partial charge is 0.378 e. The van der Waals surface area contributed by atoms with E-state index in [1.807, 2.05) is 0 Å². The third kappa shape index (κ3) is 6.33. The molecule has 0 radical (unpaired) electrons. The molecule has 1 saturated heterocycles. The van der Waals surface area contributed by atoms with Gasteiger partial charge in [0.15, 0.2) is 0 Å². The summed E-state index contributed by atoms with van der Waals surface area (Å²) in [7, 11) is 0. The van der Waals surface area contributed by atoms with Crippen LogP contribution in [-0.2, 0) is 4.74 Å². The molecule has 0 aromatic carbocycles. The fourth-order valence-corrected chi connectivity index (χ4v) is 1.98. The summed E-state index contributed by atoms with van der Waals surface area (Å²) < 4.78 is 41.1. The highest BCUT2D eigenvalue weighted by Crippen LogP contribution is 2.23. The Kier molecular flexibility index (Phi) is 5.55. The number of halogens is 3. The minimum Gasteiger partial charge on any atom is -0.378 e. The Morgan fingerprint density at radius 1 is 1.31 bits per heavy atom. The largest absolute Gasteiger partial charge is 0.389 e. The van der Waals surface area contributed by atoms with E-state index in [9.17, 15) is 13.2 Å². The molecule has 1 rings (SSSR count). The van der Waals surface area contributed by atoms with Gasteiger partial charge in [-0.1, -0.05) is 0 Å². The van der Waals surface area contributed by atoms with Gasteiger partial charge in [-0.2, -0.15) is 13.2 Å². The third-order valence-corrected chi connectivity index (χ3v) is 2.92. The Morgan fingerprint density at radius 2 is 2.06 bits per heavy atom. The predicted octanol–water partition coefficient (Wildman–Crippen LogP) is 3.01. The molecule has 2 atom stereocenters. The van der Waals surface area contributed by atoms with E-state index in [0.717, 1.165) is 32.3 Å². The molecule has 1 heterocycles. The summed E-state index contributed by atoms with van der Waals surface area (Å²) in [6.45, 7) is 0.813. The van der Waals surface area contributed by atoms with Crippen LogP contribution in [0, 0.1) is 0 Å². The van der Waals surface area contributed by atoms with Gasteiger partial charge in [0.05, 0.1) is 6.10 Å². The van der Waals surface area contributed by atoms with Crippen molar-refractivity contribution in [3.63, 3.8) is 0 Å². The third-order valence-electron chi connectivity index (χ3n) is 2.92. The number of ether oxygens (including phenoxy) is 1. The van der Waals surface area contributed by atoms with Crippen molar-refractivity contribution in [3.8, 4) is 0 Å². The van der Waals surface area contributed by atoms with Gasteiger partial charge in [-0.3, -0.25) is 0 Å². The minimum atomic E-state index is -4.05. The van der Waals surface area contributed by atoms with Crippen LogP contribution in [0.5, 0.6) is 0 Å². The van der Waals surface area contributed by atoms with Gasteiger partial charge < -0.3 is 10.5 Å². The molecule has 0 aromatic rings. The molecule has 16 heavy (non-hydrogen) atoms. The molecule has 0 saturated carbocycles. The Morgan fingerprint density at radius 3 is 2.62 bits per heavy atom. The van der Waals surface area contributed by atoms with Crippen molar-refractivity contribution in [2.75, 3.05) is 6.61 Å². The fourth-order valence-electron chi connectivity index (χ4n) is 1.98. The second kappa shape index (κ2) is 6.45. The van der Waals surface area contributed by atoms with Gasteiger partial charge in [-0.25, -0.2) is 0 Å². The van der Waals surface area contributed by atoms with Crippen molar-refractivity contribution in [1.82, 2.24) is 0 Å². The van der Waals surface area contributed by atoms with E-state index < -0.39 is 12.6 Å². The zero-order valence-electron chi connectivity index (χ0n) is 9.43. The Hall–Kier alpha value is -0.290. The zero-order chi connectivity index (χ0) is 12.0. The molecule has 0 bridgehead atoms. The standard InChI is InChI=1S/C11H20F3NO/c12-11(13,14)7-1-3-9(15)5-6-10-4-2-8-16-10/h9-10H,1-8,15H2. The van der Waals surface area contributed by atoms with Crippen LogP contribution in [0.2, 0.25) is 0 Å². The van der Waals surface area contributed by atoms with Gasteiger partial charge in [0.1, 0.15) is 0 Å². The number of alkyl halides is 3. The monoisotopic (exact) mass is 239 g/mol. The van der Waals surface area contributed by atoms with Gasteiger partial charge in [0.25, 0.3) is 0 Å². The van der Waals surface area contributed by atoms with Crippen molar-refractivity contribution in [2.45, 2.75) is 63.3 Å². The van der Waals surface area contributed by atoms with Crippen molar-refractivity contribution in [1.29, 1.82) is 0 Å². The highest BCUT2D eigenvalue weighted by molar-refractivity contribution is 4.70. The molecule has 0 amide bonds. The molecule has 1 aliphatic heterocycles. The lowest BCUT2D eigenvalue weighted by Crippen LogP contribution is -2.22. The highest BCUT2D eigenvalue weighted by Gasteiger charge is 2.26. The lowest BCUT2D eigenvalue weighted by Gasteiger charge is -2.15. The SMILES string of the molecule is NC(CCCC(F)(F)F)CCC1CCCO1. The molecule has 1 aliphatic rings. The molecule has 96 valence electrons. The topological polar surface area (TPSA) is 35.2 Å². The van der Waals surface area contributed by atoms with E-state index in [1.165, 1.54) is 0 Å². The van der Waals surface area contributed by atoms with Crippen LogP contribution >= 0.6 is 0 Å². The second-order valence-corrected chi connectivity index (χ2v) is 4.48. The van der Waals surface area contributed by atoms with Gasteiger partial charge in [0.2, 0.25) is 0 Å². The molecule has 1 fully saturated rings. The number of hydrogen-bond donors (Lipinski definition) is 1. The Balaban J connectivity index is 2.00. The first kappa shape index (κ1) is 13.8. The van der Waals surface area contributed by atoms with Gasteiger partial charge in [-0.05, 0) is 38.5 Å². The van der Waals surface area contributed by atoms with Gasteiger partial charge in [-0.15, -0.1) is 0 Å². The normalized spacial score (nSPS) is 23.6. The first-order chi connectivity index (χ1) is 7.47. The second-order valence-electron chi connectivity index (χ2n) is 4.48. The number of hydrogen-bond acceptors (Lipinski definition) is 2. The maximum atomic E-state index is 11.9. The molecule has 5 heteroatoms. The van der Waals surface area contributed by atoms with Gasteiger partial charge in [0, 0.05) is 19.1 Å². The first-order valence-corrected chi connectivity index (χ1v) is 5.91. The molecule has 2 unspecified atom stereocenters. The van der Waals surface area contributed by atoms with Crippen LogP contribution in [0.15, 0.2) is 0 Å². The summed E-state index contributed by atoms with van der Waals surface area (Å²) in [5.74, 6) is 0. The van der Waals surface area contributed by atoms with Crippen LogP contribution in [0.3, 0.4) is 0 Å². The molecule has 2 N–H and O–H groups in total. The maximum Gasteiger partial charge on any atom is 0.389 e. The van der Waals surface area contributed by atoms with Crippen molar-refractivity contribution < 1.29 is 17.9 Å². The summed E-state index contributed by atoms with van der Waals surface area (Å²) in [6.07, 6.45) is -0.0929. The maximum absolute atomic E-state index is 11.9. The van der Waals surface area contributed by atoms with Crippen LogP contribution in [0.4, 0.5) is 13.2 Å². The van der Waals surface area contributed by atoms with Crippen LogP contribution < -0.4 is 5.73 Å². The van der Waals surface area contributed by atoms with Crippen molar-refractivity contribution >= 4 is 0 Å². The Bertz CT molecular complexity index is 190. The van der Waals surface area contributed by atoms with Crippen LogP contribution in [0.1, 0.15) is 44.9 Å². The number of nitrogens with two attached hydrogens (primary N) is 1. The van der Waals surface area contributed by atoms with Crippen LogP contribution in [0.25, 0.3) is 0 Å². The average molecular weight is 239 g/mol. The predicted molar refractivity (Wildman–Crippen MR) is 56.1 cm³/mol. The summed E-state index contributed by atoms with van der Waals surface area (Å²) in [5, 5.41) is 0. The molecule has 0 aromatic heterocycles. The molecular weight excluding hydrogens is 219 g/mol. The highest BCUT2D eigenvalue weighted by atomic mass is 19.4. The zero-order valence-corrected chi connectivity index (χ0v) is 9.43. The lowest BCUT2D eigenvalue weighted by atomic mass is 10.0. The van der Waals surface area contributed by atoms with E-state index in [0.29, 0.717) is 6.42 Å². The van der Waals surface area contributed by atoms with E-state index in [1.54, 1.807) is 0 Å². The lowest BCUT2D eigenvalue weighted by molar-refractivity contribution is -0.135. The number of rotatable bonds is 6. The van der Waals surface area contributed by atoms with Crippen molar-refractivity contribution in [3.05, 3.63) is 0 Å². The van der Waals surface area contributed by atoms with Gasteiger partial charge >= 0.3 is 6.18 Å². The average Bonchev–Trinajstić information content (AvgIpc) is 2.65. The summed E-state index contributed by atoms with van der Waals surface area (Å²) >= 11 is 0. The fraction of sp³-hybridized carbons (Fsp3) is 1.00. The molecule has 0 spiro atoms.